The summed E-state index contributed by atoms with van der Waals surface area (Å²) in [6.07, 6.45) is 0. The third-order valence-corrected chi connectivity index (χ3v) is 3.06. The van der Waals surface area contributed by atoms with E-state index < -0.39 is 23.5 Å². The number of hydrogen-bond donors (Lipinski definition) is 2. The summed E-state index contributed by atoms with van der Waals surface area (Å²) >= 11 is 0. The lowest BCUT2D eigenvalue weighted by atomic mass is 9.87. The van der Waals surface area contributed by atoms with Crippen molar-refractivity contribution in [3.8, 4) is 0 Å². The van der Waals surface area contributed by atoms with E-state index in [9.17, 15) is 19.1 Å². The van der Waals surface area contributed by atoms with Crippen LogP contribution in [0.2, 0.25) is 0 Å². The lowest BCUT2D eigenvalue weighted by Crippen LogP contribution is -2.52. The first-order valence-electron chi connectivity index (χ1n) is 6.60. The maximum Gasteiger partial charge on any atom is 0.326 e. The van der Waals surface area contributed by atoms with Crippen LogP contribution in [0.4, 0.5) is 9.18 Å². The monoisotopic (exact) mass is 296 g/mol. The van der Waals surface area contributed by atoms with Crippen LogP contribution in [-0.4, -0.2) is 35.1 Å². The number of nitrogens with one attached hydrogen (secondary N) is 1. The zero-order valence-electron chi connectivity index (χ0n) is 12.7. The third kappa shape index (κ3) is 5.06. The summed E-state index contributed by atoms with van der Waals surface area (Å²) < 4.78 is 12.8. The fourth-order valence-electron chi connectivity index (χ4n) is 1.82. The van der Waals surface area contributed by atoms with Crippen molar-refractivity contribution in [2.75, 3.05) is 7.05 Å². The summed E-state index contributed by atoms with van der Waals surface area (Å²) in [7, 11) is 1.56. The van der Waals surface area contributed by atoms with Crippen LogP contribution in [0.1, 0.15) is 26.3 Å². The molecule has 0 fully saturated rings. The topological polar surface area (TPSA) is 69.6 Å². The van der Waals surface area contributed by atoms with E-state index in [1.807, 2.05) is 0 Å². The molecular weight excluding hydrogens is 275 g/mol. The molecule has 1 aromatic rings. The number of amides is 2. The number of carboxylic acids is 1. The van der Waals surface area contributed by atoms with Crippen molar-refractivity contribution < 1.29 is 19.1 Å². The molecule has 1 aromatic carbocycles. The molecule has 21 heavy (non-hydrogen) atoms. The van der Waals surface area contributed by atoms with Crippen LogP contribution in [0.25, 0.3) is 0 Å². The molecule has 1 rings (SSSR count). The number of carbonyl (C=O) groups is 2. The van der Waals surface area contributed by atoms with Crippen molar-refractivity contribution in [1.82, 2.24) is 10.2 Å². The summed E-state index contributed by atoms with van der Waals surface area (Å²) in [5, 5.41) is 11.7. The van der Waals surface area contributed by atoms with E-state index in [4.69, 9.17) is 0 Å². The number of hydrogen-bond acceptors (Lipinski definition) is 2. The van der Waals surface area contributed by atoms with Gasteiger partial charge in [-0.2, -0.15) is 0 Å². The smallest absolute Gasteiger partial charge is 0.326 e. The highest BCUT2D eigenvalue weighted by molar-refractivity contribution is 5.83. The number of carboxylic acid groups (broad SMARTS) is 1. The first kappa shape index (κ1) is 16.9. The van der Waals surface area contributed by atoms with Crippen molar-refractivity contribution >= 4 is 12.0 Å². The lowest BCUT2D eigenvalue weighted by molar-refractivity contribution is -0.142. The minimum Gasteiger partial charge on any atom is -0.480 e. The highest BCUT2D eigenvalue weighted by Gasteiger charge is 2.33. The van der Waals surface area contributed by atoms with E-state index in [0.717, 1.165) is 5.56 Å². The molecule has 0 saturated heterocycles. The molecule has 0 aliphatic heterocycles. The van der Waals surface area contributed by atoms with Crippen LogP contribution >= 0.6 is 0 Å². The molecule has 6 heteroatoms. The van der Waals surface area contributed by atoms with Gasteiger partial charge in [0.1, 0.15) is 11.9 Å². The van der Waals surface area contributed by atoms with E-state index in [2.05, 4.69) is 5.32 Å². The summed E-state index contributed by atoms with van der Waals surface area (Å²) in [5.41, 5.74) is 0.162. The van der Waals surface area contributed by atoms with Crippen LogP contribution in [0.5, 0.6) is 0 Å². The highest BCUT2D eigenvalue weighted by atomic mass is 19.1. The van der Waals surface area contributed by atoms with Gasteiger partial charge in [0, 0.05) is 13.6 Å². The van der Waals surface area contributed by atoms with Gasteiger partial charge in [0.25, 0.3) is 0 Å². The number of halogens is 1. The summed E-state index contributed by atoms with van der Waals surface area (Å²) in [6, 6.07) is 4.32. The van der Waals surface area contributed by atoms with Gasteiger partial charge in [-0.1, -0.05) is 32.9 Å². The molecule has 0 radical (unpaired) electrons. The summed E-state index contributed by atoms with van der Waals surface area (Å²) in [4.78, 5) is 24.6. The van der Waals surface area contributed by atoms with Gasteiger partial charge in [-0.25, -0.2) is 14.0 Å². The van der Waals surface area contributed by atoms with Crippen molar-refractivity contribution in [2.24, 2.45) is 5.41 Å². The summed E-state index contributed by atoms with van der Waals surface area (Å²) in [5.74, 6) is -1.42. The highest BCUT2D eigenvalue weighted by Crippen LogP contribution is 2.19. The van der Waals surface area contributed by atoms with Gasteiger partial charge in [0.2, 0.25) is 0 Å². The second-order valence-electron chi connectivity index (χ2n) is 6.07. The molecule has 0 aromatic heterocycles. The fourth-order valence-corrected chi connectivity index (χ4v) is 1.82. The molecule has 0 heterocycles. The Morgan fingerprint density at radius 3 is 2.24 bits per heavy atom. The number of rotatable bonds is 4. The Morgan fingerprint density at radius 1 is 1.29 bits per heavy atom. The minimum absolute atomic E-state index is 0.266. The number of nitrogens with zero attached hydrogens (tertiary/aromatic N) is 1. The zero-order chi connectivity index (χ0) is 16.2. The van der Waals surface area contributed by atoms with Crippen molar-refractivity contribution in [2.45, 2.75) is 33.4 Å². The first-order valence-corrected chi connectivity index (χ1v) is 6.60. The van der Waals surface area contributed by atoms with Crippen molar-refractivity contribution in [1.29, 1.82) is 0 Å². The molecule has 0 spiro atoms. The maximum atomic E-state index is 12.8. The molecular formula is C15H21FN2O3. The maximum absolute atomic E-state index is 12.8. The SMILES string of the molecule is CN(Cc1ccc(F)cc1)C(=O)N[C@H](C(=O)O)C(C)(C)C. The Balaban J connectivity index is 2.69. The largest absolute Gasteiger partial charge is 0.480 e. The predicted octanol–water partition coefficient (Wildman–Crippen LogP) is 2.47. The van der Waals surface area contributed by atoms with Gasteiger partial charge in [-0.05, 0) is 23.1 Å². The van der Waals surface area contributed by atoms with E-state index in [-0.39, 0.29) is 12.4 Å². The molecule has 1 atom stereocenters. The van der Waals surface area contributed by atoms with Crippen molar-refractivity contribution in [3.05, 3.63) is 35.6 Å². The average molecular weight is 296 g/mol. The van der Waals surface area contributed by atoms with Crippen LogP contribution in [0.15, 0.2) is 24.3 Å². The van der Waals surface area contributed by atoms with Gasteiger partial charge < -0.3 is 15.3 Å². The lowest BCUT2D eigenvalue weighted by Gasteiger charge is -2.29. The predicted molar refractivity (Wildman–Crippen MR) is 77.3 cm³/mol. The van der Waals surface area contributed by atoms with E-state index in [0.29, 0.717) is 0 Å². The third-order valence-electron chi connectivity index (χ3n) is 3.06. The average Bonchev–Trinajstić information content (AvgIpc) is 2.36. The molecule has 0 aliphatic carbocycles. The standard InChI is InChI=1S/C15H21FN2O3/c1-15(2,3)12(13(19)20)17-14(21)18(4)9-10-5-7-11(16)8-6-10/h5-8,12H,9H2,1-4H3,(H,17,21)(H,19,20)/t12-/m1/s1. The number of urea groups is 1. The van der Waals surface area contributed by atoms with Crippen LogP contribution in [0, 0.1) is 11.2 Å². The Hall–Kier alpha value is -2.11. The van der Waals surface area contributed by atoms with Gasteiger partial charge >= 0.3 is 12.0 Å². The van der Waals surface area contributed by atoms with Crippen molar-refractivity contribution in [3.63, 3.8) is 0 Å². The molecule has 0 bridgehead atoms. The molecule has 5 nitrogen and oxygen atoms in total. The Kier molecular flexibility index (Phi) is 5.29. The fraction of sp³-hybridized carbons (Fsp3) is 0.467. The Labute approximate surface area is 123 Å². The number of carbonyl (C=O) groups excluding carboxylic acids is 1. The normalized spacial score (nSPS) is 12.6. The second-order valence-corrected chi connectivity index (χ2v) is 6.07. The van der Waals surface area contributed by atoms with Gasteiger partial charge in [-0.15, -0.1) is 0 Å². The number of benzene rings is 1. The molecule has 0 aliphatic rings. The van der Waals surface area contributed by atoms with E-state index >= 15 is 0 Å². The van der Waals surface area contributed by atoms with Gasteiger partial charge in [0.05, 0.1) is 0 Å². The molecule has 0 unspecified atom stereocenters. The van der Waals surface area contributed by atoms with Crippen LogP contribution in [-0.2, 0) is 11.3 Å². The molecule has 116 valence electrons. The van der Waals surface area contributed by atoms with Gasteiger partial charge in [0.15, 0.2) is 0 Å². The van der Waals surface area contributed by atoms with Gasteiger partial charge in [-0.3, -0.25) is 0 Å². The second kappa shape index (κ2) is 6.56. The quantitative estimate of drug-likeness (QED) is 0.896. The van der Waals surface area contributed by atoms with E-state index in [1.54, 1.807) is 40.0 Å². The zero-order valence-corrected chi connectivity index (χ0v) is 12.7. The Morgan fingerprint density at radius 2 is 1.81 bits per heavy atom. The number of aliphatic carboxylic acids is 1. The van der Waals surface area contributed by atoms with Crippen LogP contribution in [0.3, 0.4) is 0 Å². The first-order chi connectivity index (χ1) is 9.61. The van der Waals surface area contributed by atoms with Crippen LogP contribution < -0.4 is 5.32 Å². The molecule has 2 N–H and O–H groups in total. The summed E-state index contributed by atoms with van der Waals surface area (Å²) in [6.45, 7) is 5.49. The molecule has 2 amide bonds. The Bertz CT molecular complexity index is 509. The minimum atomic E-state index is -1.08. The molecule has 0 saturated carbocycles. The van der Waals surface area contributed by atoms with E-state index in [1.165, 1.54) is 17.0 Å².